The molecule has 4 unspecified atom stereocenters. The van der Waals surface area contributed by atoms with Crippen molar-refractivity contribution < 1.29 is 61.0 Å². The molecule has 1 aliphatic rings. The molecule has 206 valence electrons. The van der Waals surface area contributed by atoms with Crippen molar-refractivity contribution in [3.63, 3.8) is 0 Å². The van der Waals surface area contributed by atoms with Crippen molar-refractivity contribution in [3.05, 3.63) is 12.7 Å². The maximum absolute atomic E-state index is 12.2. The minimum absolute atomic E-state index is 0.0461. The predicted molar refractivity (Wildman–Crippen MR) is 122 cm³/mol. The van der Waals surface area contributed by atoms with E-state index in [-0.39, 0.29) is 29.8 Å². The first kappa shape index (κ1) is 29.8. The van der Waals surface area contributed by atoms with Gasteiger partial charge in [0.25, 0.3) is 0 Å². The Balaban J connectivity index is 1.62. The molecular weight excluding hydrogens is 563 g/mol. The van der Waals surface area contributed by atoms with Crippen LogP contribution in [-0.2, 0) is 36.1 Å². The van der Waals surface area contributed by atoms with E-state index >= 15 is 0 Å². The van der Waals surface area contributed by atoms with Crippen LogP contribution in [0, 0.1) is 12.3 Å². The second-order valence-electron chi connectivity index (χ2n) is 7.54. The Morgan fingerprint density at radius 2 is 1.81 bits per heavy atom. The summed E-state index contributed by atoms with van der Waals surface area (Å²) in [5, 5.41) is 20.7. The van der Waals surface area contributed by atoms with Gasteiger partial charge < -0.3 is 35.4 Å². The zero-order valence-corrected chi connectivity index (χ0v) is 21.6. The summed E-state index contributed by atoms with van der Waals surface area (Å²) >= 11 is 0. The molecule has 21 heteroatoms. The highest BCUT2D eigenvalue weighted by atomic mass is 31.3. The van der Waals surface area contributed by atoms with E-state index in [0.29, 0.717) is 0 Å². The van der Waals surface area contributed by atoms with Gasteiger partial charge in [0.05, 0.1) is 19.0 Å². The zero-order chi connectivity index (χ0) is 27.6. The van der Waals surface area contributed by atoms with Crippen LogP contribution < -0.4 is 5.73 Å². The van der Waals surface area contributed by atoms with Crippen LogP contribution in [0.4, 0.5) is 5.82 Å². The summed E-state index contributed by atoms with van der Waals surface area (Å²) in [7, 11) is -16.4. The van der Waals surface area contributed by atoms with E-state index in [0.717, 1.165) is 6.33 Å². The minimum atomic E-state index is -5.71. The number of nitrogens with two attached hydrogens (primary N) is 1. The molecule has 0 amide bonds. The minimum Gasteiger partial charge on any atom is -0.387 e. The highest BCUT2D eigenvalue weighted by Gasteiger charge is 2.47. The topological polar surface area (TPSA) is 268 Å². The first-order chi connectivity index (χ1) is 17.2. The van der Waals surface area contributed by atoms with Crippen LogP contribution >= 0.6 is 23.5 Å². The highest BCUT2D eigenvalue weighted by Crippen LogP contribution is 2.68. The largest absolute Gasteiger partial charge is 0.490 e. The van der Waals surface area contributed by atoms with Crippen LogP contribution in [-0.4, -0.2) is 75.4 Å². The molecule has 1 fully saturated rings. The van der Waals surface area contributed by atoms with Crippen LogP contribution in [0.2, 0.25) is 0 Å². The lowest BCUT2D eigenvalue weighted by Gasteiger charge is -2.21. The SMILES string of the molecule is C#CCC(CC)OP(=O)(O)OP(=O)(O)OP(=O)(O)OC[C@H]1O[C@@H](n2cnc3c(N)ncnc32)[C@H](O)[C@@H]1O. The van der Waals surface area contributed by atoms with E-state index in [2.05, 4.69) is 38.5 Å². The molecule has 3 rings (SSSR count). The molecule has 1 aliphatic heterocycles. The van der Waals surface area contributed by atoms with E-state index in [9.17, 15) is 38.6 Å². The van der Waals surface area contributed by atoms with Crippen molar-refractivity contribution >= 4 is 40.4 Å². The van der Waals surface area contributed by atoms with E-state index in [1.807, 2.05) is 0 Å². The summed E-state index contributed by atoms with van der Waals surface area (Å²) in [6.45, 7) is 0.603. The molecule has 0 aromatic carbocycles. The number of rotatable bonds is 12. The number of phosphoric ester groups is 2. The molecule has 2 aromatic heterocycles. The Bertz CT molecular complexity index is 1300. The summed E-state index contributed by atoms with van der Waals surface area (Å²) in [6.07, 6.45) is 0.405. The van der Waals surface area contributed by atoms with Crippen LogP contribution in [0.3, 0.4) is 0 Å². The van der Waals surface area contributed by atoms with Crippen LogP contribution in [0.5, 0.6) is 0 Å². The monoisotopic (exact) mass is 587 g/mol. The molecule has 2 aromatic rings. The molecule has 0 spiro atoms. The number of nitrogens with zero attached hydrogens (tertiary/aromatic N) is 4. The fourth-order valence-electron chi connectivity index (χ4n) is 3.22. The summed E-state index contributed by atoms with van der Waals surface area (Å²) in [5.41, 5.74) is 6.06. The number of hydrogen-bond acceptors (Lipinski definition) is 14. The van der Waals surface area contributed by atoms with Crippen LogP contribution in [0.15, 0.2) is 12.7 Å². The van der Waals surface area contributed by atoms with Crippen molar-refractivity contribution in [2.45, 2.75) is 50.4 Å². The van der Waals surface area contributed by atoms with Crippen LogP contribution in [0.1, 0.15) is 26.0 Å². The zero-order valence-electron chi connectivity index (χ0n) is 19.0. The van der Waals surface area contributed by atoms with Gasteiger partial charge in [-0.05, 0) is 6.42 Å². The lowest BCUT2D eigenvalue weighted by Crippen LogP contribution is -2.33. The molecule has 3 heterocycles. The third-order valence-corrected chi connectivity index (χ3v) is 9.24. The van der Waals surface area contributed by atoms with Crippen molar-refractivity contribution in [2.24, 2.45) is 0 Å². The van der Waals surface area contributed by atoms with Gasteiger partial charge in [0.2, 0.25) is 0 Å². The second-order valence-corrected chi connectivity index (χ2v) is 12.1. The van der Waals surface area contributed by atoms with Crippen molar-refractivity contribution in [2.75, 3.05) is 12.3 Å². The van der Waals surface area contributed by atoms with Gasteiger partial charge in [-0.25, -0.2) is 28.6 Å². The first-order valence-corrected chi connectivity index (χ1v) is 14.8. The fourth-order valence-corrected chi connectivity index (χ4v) is 6.97. The van der Waals surface area contributed by atoms with Gasteiger partial charge in [0.1, 0.15) is 30.2 Å². The smallest absolute Gasteiger partial charge is 0.387 e. The van der Waals surface area contributed by atoms with Crippen molar-refractivity contribution in [1.82, 2.24) is 19.5 Å². The molecule has 0 saturated carbocycles. The number of ether oxygens (including phenoxy) is 1. The second kappa shape index (κ2) is 11.5. The Kier molecular flexibility index (Phi) is 9.26. The molecule has 37 heavy (non-hydrogen) atoms. The normalized spacial score (nSPS) is 27.7. The number of aliphatic hydroxyl groups excluding tert-OH is 2. The van der Waals surface area contributed by atoms with E-state index in [4.69, 9.17) is 16.9 Å². The van der Waals surface area contributed by atoms with Crippen LogP contribution in [0.25, 0.3) is 11.2 Å². The number of phosphoric acid groups is 3. The molecular formula is C16H24N5O13P3. The van der Waals surface area contributed by atoms with E-state index in [1.54, 1.807) is 6.92 Å². The molecule has 8 atom stereocenters. The van der Waals surface area contributed by atoms with Gasteiger partial charge in [0, 0.05) is 6.42 Å². The third-order valence-electron chi connectivity index (χ3n) is 4.90. The maximum atomic E-state index is 12.2. The average Bonchev–Trinajstić information content (AvgIpc) is 3.32. The first-order valence-electron chi connectivity index (χ1n) is 10.3. The number of aromatic nitrogens is 4. The summed E-state index contributed by atoms with van der Waals surface area (Å²) in [5.74, 6) is 2.21. The lowest BCUT2D eigenvalue weighted by atomic mass is 10.1. The van der Waals surface area contributed by atoms with E-state index in [1.165, 1.54) is 10.9 Å². The molecule has 0 radical (unpaired) electrons. The Hall–Kier alpha value is -1.80. The summed E-state index contributed by atoms with van der Waals surface area (Å²) in [6, 6.07) is 0. The number of terminal acetylenes is 1. The quantitative estimate of drug-likeness (QED) is 0.143. The third kappa shape index (κ3) is 7.41. The predicted octanol–water partition coefficient (Wildman–Crippen LogP) is 0.197. The number of aliphatic hydroxyl groups is 2. The van der Waals surface area contributed by atoms with E-state index < -0.39 is 60.7 Å². The van der Waals surface area contributed by atoms with Gasteiger partial charge in [0.15, 0.2) is 17.7 Å². The van der Waals surface area contributed by atoms with Gasteiger partial charge in [-0.15, -0.1) is 12.3 Å². The number of nitrogen functional groups attached to an aromatic ring is 1. The lowest BCUT2D eigenvalue weighted by molar-refractivity contribution is -0.0503. The molecule has 0 aliphatic carbocycles. The van der Waals surface area contributed by atoms with Crippen molar-refractivity contribution in [3.8, 4) is 12.3 Å². The Morgan fingerprint density at radius 3 is 2.46 bits per heavy atom. The van der Waals surface area contributed by atoms with Gasteiger partial charge >= 0.3 is 23.5 Å². The number of hydrogen-bond donors (Lipinski definition) is 6. The Morgan fingerprint density at radius 1 is 1.14 bits per heavy atom. The number of imidazole rings is 1. The van der Waals surface area contributed by atoms with Crippen molar-refractivity contribution in [1.29, 1.82) is 0 Å². The number of anilines is 1. The molecule has 0 bridgehead atoms. The standard InChI is InChI=1S/C16H24N5O13P3/c1-3-5-9(4-2)32-36(26,27)34-37(28,29)33-35(24,25)30-6-10-12(22)13(23)16(31-10)21-8-20-11-14(17)18-7-19-15(11)21/h1,7-10,12-13,16,22-23H,4-6H2,2H3,(H,24,25)(H,26,27)(H,28,29)(H2,17,18,19)/t9?,10-,12-,13-,16-/m1/s1. The molecule has 18 nitrogen and oxygen atoms in total. The highest BCUT2D eigenvalue weighted by molar-refractivity contribution is 7.66. The van der Waals surface area contributed by atoms with Gasteiger partial charge in [-0.3, -0.25) is 13.6 Å². The summed E-state index contributed by atoms with van der Waals surface area (Å²) < 4.78 is 60.1. The van der Waals surface area contributed by atoms with Gasteiger partial charge in [-0.1, -0.05) is 6.92 Å². The summed E-state index contributed by atoms with van der Waals surface area (Å²) in [4.78, 5) is 40.9. The van der Waals surface area contributed by atoms with Gasteiger partial charge in [-0.2, -0.15) is 8.62 Å². The average molecular weight is 587 g/mol. The molecule has 1 saturated heterocycles. The molecule has 7 N–H and O–H groups in total. The number of fused-ring (bicyclic) bond motifs is 1. The fraction of sp³-hybridized carbons (Fsp3) is 0.562. The Labute approximate surface area is 209 Å². The maximum Gasteiger partial charge on any atom is 0.490 e.